The quantitative estimate of drug-likeness (QED) is 0.614. The Morgan fingerprint density at radius 3 is 2.21 bits per heavy atom. The van der Waals surface area contributed by atoms with Gasteiger partial charge >= 0.3 is 0 Å². The Labute approximate surface area is 175 Å². The maximum Gasteiger partial charge on any atom is 0.261 e. The third kappa shape index (κ3) is 5.53. The van der Waals surface area contributed by atoms with Gasteiger partial charge in [0, 0.05) is 0 Å². The highest BCUT2D eigenvalue weighted by atomic mass is 16.5. The molecule has 0 fully saturated rings. The average molecular weight is 398 g/mol. The molecule has 0 radical (unpaired) electrons. The van der Waals surface area contributed by atoms with E-state index in [2.05, 4.69) is 38.2 Å². The van der Waals surface area contributed by atoms with E-state index in [-0.39, 0.29) is 11.9 Å². The van der Waals surface area contributed by atoms with Crippen LogP contribution in [0.4, 0.5) is 0 Å². The lowest BCUT2D eigenvalue weighted by Crippen LogP contribution is -2.39. The molecule has 0 aliphatic carbocycles. The van der Waals surface area contributed by atoms with Crippen LogP contribution >= 0.6 is 0 Å². The molecule has 0 aliphatic rings. The SMILES string of the molecule is CC[C@@H](Oc1ccc(C)c(C)c1)C(=O)N[C@@H](C)c1cc(C(C)C)c(OC)cc1C. The van der Waals surface area contributed by atoms with Gasteiger partial charge in [-0.2, -0.15) is 0 Å². The summed E-state index contributed by atoms with van der Waals surface area (Å²) in [4.78, 5) is 12.9. The molecule has 0 heterocycles. The van der Waals surface area contributed by atoms with Crippen molar-refractivity contribution in [3.05, 3.63) is 58.1 Å². The molecule has 2 aromatic rings. The number of carbonyl (C=O) groups excluding carboxylic acids is 1. The van der Waals surface area contributed by atoms with Crippen LogP contribution in [0.5, 0.6) is 11.5 Å². The van der Waals surface area contributed by atoms with Crippen molar-refractivity contribution in [2.45, 2.75) is 73.0 Å². The summed E-state index contributed by atoms with van der Waals surface area (Å²) < 4.78 is 11.5. The summed E-state index contributed by atoms with van der Waals surface area (Å²) in [6, 6.07) is 10.0. The normalized spacial score (nSPS) is 13.1. The fourth-order valence-corrected chi connectivity index (χ4v) is 3.47. The summed E-state index contributed by atoms with van der Waals surface area (Å²) in [6.07, 6.45) is 0.0762. The number of aryl methyl sites for hydroxylation is 3. The number of amides is 1. The van der Waals surface area contributed by atoms with Gasteiger partial charge in [0.25, 0.3) is 5.91 Å². The Morgan fingerprint density at radius 2 is 1.66 bits per heavy atom. The number of methoxy groups -OCH3 is 1. The molecule has 4 nitrogen and oxygen atoms in total. The molecule has 0 bridgehead atoms. The molecule has 1 amide bonds. The first-order valence-electron chi connectivity index (χ1n) is 10.4. The first kappa shape index (κ1) is 22.8. The third-order valence-corrected chi connectivity index (χ3v) is 5.49. The van der Waals surface area contributed by atoms with Gasteiger partial charge in [-0.1, -0.05) is 26.8 Å². The van der Waals surface area contributed by atoms with Crippen LogP contribution in [0.3, 0.4) is 0 Å². The molecule has 0 spiro atoms. The molecule has 158 valence electrons. The molecule has 0 saturated carbocycles. The summed E-state index contributed by atoms with van der Waals surface area (Å²) in [5, 5.41) is 3.13. The van der Waals surface area contributed by atoms with Crippen molar-refractivity contribution < 1.29 is 14.3 Å². The van der Waals surface area contributed by atoms with Crippen LogP contribution in [0.15, 0.2) is 30.3 Å². The van der Waals surface area contributed by atoms with Gasteiger partial charge < -0.3 is 14.8 Å². The molecule has 0 aliphatic heterocycles. The van der Waals surface area contributed by atoms with E-state index in [0.29, 0.717) is 12.3 Å². The Morgan fingerprint density at radius 1 is 0.966 bits per heavy atom. The van der Waals surface area contributed by atoms with Gasteiger partial charge in [-0.05, 0) is 92.1 Å². The minimum Gasteiger partial charge on any atom is -0.496 e. The van der Waals surface area contributed by atoms with E-state index in [9.17, 15) is 4.79 Å². The number of ether oxygens (including phenoxy) is 2. The van der Waals surface area contributed by atoms with E-state index >= 15 is 0 Å². The van der Waals surface area contributed by atoms with Crippen LogP contribution in [-0.4, -0.2) is 19.1 Å². The van der Waals surface area contributed by atoms with E-state index in [1.54, 1.807) is 7.11 Å². The number of hydrogen-bond donors (Lipinski definition) is 1. The molecule has 0 aromatic heterocycles. The van der Waals surface area contributed by atoms with Gasteiger partial charge in [-0.25, -0.2) is 0 Å². The highest BCUT2D eigenvalue weighted by molar-refractivity contribution is 5.81. The van der Waals surface area contributed by atoms with Gasteiger partial charge in [0.2, 0.25) is 0 Å². The van der Waals surface area contributed by atoms with Crippen LogP contribution < -0.4 is 14.8 Å². The smallest absolute Gasteiger partial charge is 0.261 e. The third-order valence-electron chi connectivity index (χ3n) is 5.49. The molecular formula is C25H35NO3. The molecule has 2 atom stereocenters. The number of rotatable bonds is 8. The summed E-state index contributed by atoms with van der Waals surface area (Å²) in [5.74, 6) is 1.86. The molecule has 0 unspecified atom stereocenters. The van der Waals surface area contributed by atoms with Crippen LogP contribution in [0.2, 0.25) is 0 Å². The maximum atomic E-state index is 12.9. The summed E-state index contributed by atoms with van der Waals surface area (Å²) in [6.45, 7) is 14.4. The molecule has 1 N–H and O–H groups in total. The van der Waals surface area contributed by atoms with Crippen molar-refractivity contribution in [2.24, 2.45) is 0 Å². The van der Waals surface area contributed by atoms with Crippen molar-refractivity contribution in [1.82, 2.24) is 5.32 Å². The lowest BCUT2D eigenvalue weighted by molar-refractivity contribution is -0.128. The Kier molecular flexibility index (Phi) is 7.72. The van der Waals surface area contributed by atoms with Gasteiger partial charge in [0.15, 0.2) is 6.10 Å². The highest BCUT2D eigenvalue weighted by Crippen LogP contribution is 2.32. The van der Waals surface area contributed by atoms with Gasteiger partial charge in [-0.3, -0.25) is 4.79 Å². The fourth-order valence-electron chi connectivity index (χ4n) is 3.47. The Balaban J connectivity index is 2.17. The molecule has 4 heteroatoms. The van der Waals surface area contributed by atoms with Crippen molar-refractivity contribution in [2.75, 3.05) is 7.11 Å². The zero-order valence-electron chi connectivity index (χ0n) is 19.1. The van der Waals surface area contributed by atoms with Crippen LogP contribution in [0.1, 0.15) is 73.9 Å². The van der Waals surface area contributed by atoms with E-state index in [1.165, 1.54) is 5.56 Å². The molecule has 29 heavy (non-hydrogen) atoms. The zero-order valence-corrected chi connectivity index (χ0v) is 19.1. The van der Waals surface area contributed by atoms with Gasteiger partial charge in [0.1, 0.15) is 11.5 Å². The lowest BCUT2D eigenvalue weighted by Gasteiger charge is -2.24. The van der Waals surface area contributed by atoms with Gasteiger partial charge in [-0.15, -0.1) is 0 Å². The number of benzene rings is 2. The second kappa shape index (κ2) is 9.82. The van der Waals surface area contributed by atoms with E-state index in [1.807, 2.05) is 45.9 Å². The maximum absolute atomic E-state index is 12.9. The molecule has 2 rings (SSSR count). The minimum atomic E-state index is -0.525. The lowest BCUT2D eigenvalue weighted by atomic mass is 9.93. The van der Waals surface area contributed by atoms with Crippen LogP contribution in [0, 0.1) is 20.8 Å². The van der Waals surface area contributed by atoms with E-state index in [4.69, 9.17) is 9.47 Å². The second-order valence-electron chi connectivity index (χ2n) is 8.10. The molecular weight excluding hydrogens is 362 g/mol. The summed E-state index contributed by atoms with van der Waals surface area (Å²) in [7, 11) is 1.70. The largest absolute Gasteiger partial charge is 0.496 e. The fraction of sp³-hybridized carbons (Fsp3) is 0.480. The van der Waals surface area contributed by atoms with Crippen LogP contribution in [-0.2, 0) is 4.79 Å². The summed E-state index contributed by atoms with van der Waals surface area (Å²) in [5.41, 5.74) is 5.71. The highest BCUT2D eigenvalue weighted by Gasteiger charge is 2.22. The number of carbonyl (C=O) groups is 1. The van der Waals surface area contributed by atoms with E-state index < -0.39 is 6.10 Å². The second-order valence-corrected chi connectivity index (χ2v) is 8.10. The summed E-state index contributed by atoms with van der Waals surface area (Å²) >= 11 is 0. The Hall–Kier alpha value is -2.49. The standard InChI is InChI=1S/C25H35NO3/c1-9-23(29-20-11-10-16(4)17(5)12-20)25(27)26-19(7)22-14-21(15(2)3)24(28-8)13-18(22)6/h10-15,19,23H,9H2,1-8H3,(H,26,27)/t19-,23+/m0/s1. The minimum absolute atomic E-state index is 0.0976. The predicted molar refractivity (Wildman–Crippen MR) is 119 cm³/mol. The average Bonchev–Trinajstić information content (AvgIpc) is 2.67. The van der Waals surface area contributed by atoms with Crippen molar-refractivity contribution >= 4 is 5.91 Å². The first-order chi connectivity index (χ1) is 13.7. The number of hydrogen-bond acceptors (Lipinski definition) is 3. The van der Waals surface area contributed by atoms with Crippen molar-refractivity contribution in [3.63, 3.8) is 0 Å². The van der Waals surface area contributed by atoms with Crippen LogP contribution in [0.25, 0.3) is 0 Å². The first-order valence-corrected chi connectivity index (χ1v) is 10.4. The van der Waals surface area contributed by atoms with E-state index in [0.717, 1.165) is 33.8 Å². The van der Waals surface area contributed by atoms with Crippen molar-refractivity contribution in [1.29, 1.82) is 0 Å². The molecule has 2 aromatic carbocycles. The number of nitrogens with one attached hydrogen (secondary N) is 1. The molecule has 0 saturated heterocycles. The monoisotopic (exact) mass is 397 g/mol. The Bertz CT molecular complexity index is 857. The van der Waals surface area contributed by atoms with Gasteiger partial charge in [0.05, 0.1) is 13.2 Å². The van der Waals surface area contributed by atoms with Crippen molar-refractivity contribution in [3.8, 4) is 11.5 Å². The zero-order chi connectivity index (χ0) is 21.7. The predicted octanol–water partition coefficient (Wildman–Crippen LogP) is 5.78. The topological polar surface area (TPSA) is 47.6 Å².